The largest absolute Gasteiger partial charge is 0.466 e. The van der Waals surface area contributed by atoms with E-state index in [1.54, 1.807) is 6.08 Å². The van der Waals surface area contributed by atoms with Gasteiger partial charge in [0.2, 0.25) is 5.91 Å². The highest BCUT2D eigenvalue weighted by Crippen LogP contribution is 2.21. The molecule has 0 spiro atoms. The van der Waals surface area contributed by atoms with Crippen LogP contribution < -0.4 is 5.32 Å². The Labute approximate surface area is 552 Å². The minimum Gasteiger partial charge on any atom is -0.466 e. The van der Waals surface area contributed by atoms with Crippen molar-refractivity contribution >= 4 is 11.9 Å². The molecule has 0 aromatic heterocycles. The molecular formula is C82H161NO5. The van der Waals surface area contributed by atoms with E-state index < -0.39 is 12.1 Å². The molecule has 2 unspecified atom stereocenters. The van der Waals surface area contributed by atoms with Crippen molar-refractivity contribution in [2.75, 3.05) is 13.2 Å². The van der Waals surface area contributed by atoms with E-state index >= 15 is 0 Å². The number of carbonyl (C=O) groups excluding carboxylic acids is 2. The monoisotopic (exact) mass is 1240 g/mol. The zero-order valence-corrected chi connectivity index (χ0v) is 60.3. The maximum Gasteiger partial charge on any atom is 0.305 e. The van der Waals surface area contributed by atoms with Crippen LogP contribution in [0.4, 0.5) is 0 Å². The third-order valence-corrected chi connectivity index (χ3v) is 19.6. The van der Waals surface area contributed by atoms with Gasteiger partial charge in [0.1, 0.15) is 0 Å². The molecule has 0 radical (unpaired) electrons. The zero-order valence-electron chi connectivity index (χ0n) is 60.3. The Hall–Kier alpha value is -1.40. The number of hydrogen-bond acceptors (Lipinski definition) is 5. The van der Waals surface area contributed by atoms with E-state index in [0.717, 1.165) is 38.5 Å². The first kappa shape index (κ1) is 86.6. The lowest BCUT2D eigenvalue weighted by atomic mass is 10.0. The van der Waals surface area contributed by atoms with Gasteiger partial charge in [-0.1, -0.05) is 443 Å². The number of nitrogens with one attached hydrogen (secondary N) is 1. The zero-order chi connectivity index (χ0) is 63.5. The lowest BCUT2D eigenvalue weighted by Gasteiger charge is -2.20. The minimum atomic E-state index is -0.842. The highest BCUT2D eigenvalue weighted by atomic mass is 16.5. The number of amides is 1. The summed E-state index contributed by atoms with van der Waals surface area (Å²) in [5.74, 6) is -0.0322. The molecule has 0 fully saturated rings. The van der Waals surface area contributed by atoms with Gasteiger partial charge >= 0.3 is 5.97 Å². The predicted octanol–water partition coefficient (Wildman–Crippen LogP) is 27.1. The van der Waals surface area contributed by atoms with Gasteiger partial charge in [-0.15, -0.1) is 0 Å². The molecule has 0 saturated heterocycles. The summed E-state index contributed by atoms with van der Waals surface area (Å²) in [6, 6.07) is -0.625. The molecule has 0 aliphatic heterocycles. The number of ether oxygens (including phenoxy) is 1. The number of esters is 1. The molecule has 3 N–H and O–H groups in total. The van der Waals surface area contributed by atoms with Gasteiger partial charge in [0.25, 0.3) is 0 Å². The fraction of sp³-hybridized carbons (Fsp3) is 0.951. The second-order valence-corrected chi connectivity index (χ2v) is 28.5. The van der Waals surface area contributed by atoms with E-state index in [1.165, 1.54) is 411 Å². The first-order chi connectivity index (χ1) is 43.5. The number of unbranched alkanes of at least 4 members (excludes halogenated alkanes) is 67. The fourth-order valence-electron chi connectivity index (χ4n) is 13.3. The van der Waals surface area contributed by atoms with Gasteiger partial charge in [-0.05, 0) is 32.1 Å². The molecule has 6 nitrogen and oxygen atoms in total. The van der Waals surface area contributed by atoms with Crippen molar-refractivity contribution in [1.29, 1.82) is 0 Å². The highest BCUT2D eigenvalue weighted by Gasteiger charge is 2.18. The lowest BCUT2D eigenvalue weighted by molar-refractivity contribution is -0.143. The first-order valence-electron chi connectivity index (χ1n) is 41.0. The maximum atomic E-state index is 12.6. The van der Waals surface area contributed by atoms with Crippen LogP contribution in [-0.2, 0) is 14.3 Å². The van der Waals surface area contributed by atoms with Crippen molar-refractivity contribution in [3.05, 3.63) is 12.2 Å². The van der Waals surface area contributed by atoms with Crippen LogP contribution in [-0.4, -0.2) is 47.4 Å². The van der Waals surface area contributed by atoms with E-state index in [4.69, 9.17) is 4.74 Å². The quantitative estimate of drug-likeness (QED) is 0.0320. The molecule has 524 valence electrons. The highest BCUT2D eigenvalue weighted by molar-refractivity contribution is 5.76. The SMILES string of the molecule is CCCCCCCCCCCCCCCCCCCCCCC/C=C/C(O)C(CO)NC(=O)CCCCCCCCCCCCCCCCCCCCCCCCCCCCCCCCCOC(=O)CCCCCCCCCCCCCCCCCCC. The summed E-state index contributed by atoms with van der Waals surface area (Å²) in [6.45, 7) is 4.97. The van der Waals surface area contributed by atoms with Crippen LogP contribution in [0.15, 0.2) is 12.2 Å². The Morgan fingerprint density at radius 1 is 0.307 bits per heavy atom. The second kappa shape index (κ2) is 78.0. The van der Waals surface area contributed by atoms with Crippen molar-refractivity contribution in [3.63, 3.8) is 0 Å². The van der Waals surface area contributed by atoms with Gasteiger partial charge in [-0.3, -0.25) is 9.59 Å². The number of aliphatic hydroxyl groups excluding tert-OH is 2. The standard InChI is InChI=1S/C82H161NO5/c1-3-5-7-9-11-13-15-17-19-21-22-23-33-36-39-43-46-50-54-58-62-66-70-74-80(85)79(78-84)83-81(86)75-71-67-63-59-55-51-47-44-40-37-34-31-29-27-25-24-26-28-30-32-35-38-41-45-49-53-57-61-65-69-73-77-88-82(87)76-72-68-64-60-56-52-48-42-20-18-16-14-12-10-8-6-4-2/h70,74,79-80,84-85H,3-69,71-73,75-78H2,1-2H3,(H,83,86)/b74-70+. The number of hydrogen-bond donors (Lipinski definition) is 3. The summed E-state index contributed by atoms with van der Waals surface area (Å²) in [4.78, 5) is 24.7. The van der Waals surface area contributed by atoms with E-state index in [0.29, 0.717) is 19.4 Å². The van der Waals surface area contributed by atoms with Crippen molar-refractivity contribution in [1.82, 2.24) is 5.32 Å². The molecule has 88 heavy (non-hydrogen) atoms. The van der Waals surface area contributed by atoms with Gasteiger partial charge in [-0.2, -0.15) is 0 Å². The van der Waals surface area contributed by atoms with E-state index in [-0.39, 0.29) is 18.5 Å². The number of allylic oxidation sites excluding steroid dienone is 1. The molecule has 0 rings (SSSR count). The summed E-state index contributed by atoms with van der Waals surface area (Å²) in [7, 11) is 0. The molecule has 0 aromatic rings. The van der Waals surface area contributed by atoms with E-state index in [9.17, 15) is 19.8 Å². The molecule has 0 saturated carbocycles. The van der Waals surface area contributed by atoms with E-state index in [1.807, 2.05) is 6.08 Å². The summed E-state index contributed by atoms with van der Waals surface area (Å²) in [5.41, 5.74) is 0. The van der Waals surface area contributed by atoms with E-state index in [2.05, 4.69) is 19.2 Å². The van der Waals surface area contributed by atoms with Crippen molar-refractivity contribution in [3.8, 4) is 0 Å². The normalized spacial score (nSPS) is 12.5. The Balaban J connectivity index is 3.34. The molecule has 2 atom stereocenters. The predicted molar refractivity (Wildman–Crippen MR) is 389 cm³/mol. The fourth-order valence-corrected chi connectivity index (χ4v) is 13.3. The van der Waals surface area contributed by atoms with Crippen molar-refractivity contribution < 1.29 is 24.5 Å². The molecule has 1 amide bonds. The third kappa shape index (κ3) is 73.6. The minimum absolute atomic E-state index is 0.0258. The summed E-state index contributed by atoms with van der Waals surface area (Å²) in [5, 5.41) is 23.3. The molecule has 6 heteroatoms. The molecule has 0 aliphatic rings. The average Bonchev–Trinajstić information content (AvgIpc) is 3.57. The van der Waals surface area contributed by atoms with Crippen LogP contribution in [0, 0.1) is 0 Å². The maximum absolute atomic E-state index is 12.6. The van der Waals surface area contributed by atoms with Crippen LogP contribution in [0.3, 0.4) is 0 Å². The lowest BCUT2D eigenvalue weighted by Crippen LogP contribution is -2.45. The Bertz CT molecular complexity index is 1340. The van der Waals surface area contributed by atoms with Crippen LogP contribution in [0.1, 0.15) is 476 Å². The summed E-state index contributed by atoms with van der Waals surface area (Å²) >= 11 is 0. The van der Waals surface area contributed by atoms with Crippen LogP contribution in [0.5, 0.6) is 0 Å². The van der Waals surface area contributed by atoms with Gasteiger partial charge < -0.3 is 20.3 Å². The summed E-state index contributed by atoms with van der Waals surface area (Å²) < 4.78 is 5.52. The second-order valence-electron chi connectivity index (χ2n) is 28.5. The van der Waals surface area contributed by atoms with Crippen LogP contribution >= 0.6 is 0 Å². The van der Waals surface area contributed by atoms with Crippen molar-refractivity contribution in [2.45, 2.75) is 488 Å². The van der Waals surface area contributed by atoms with Crippen molar-refractivity contribution in [2.24, 2.45) is 0 Å². The Kier molecular flexibility index (Phi) is 76.8. The topological polar surface area (TPSA) is 95.9 Å². The van der Waals surface area contributed by atoms with Gasteiger partial charge in [0.05, 0.1) is 25.4 Å². The van der Waals surface area contributed by atoms with Gasteiger partial charge in [0, 0.05) is 12.8 Å². The Morgan fingerprint density at radius 3 is 0.773 bits per heavy atom. The summed E-state index contributed by atoms with van der Waals surface area (Å²) in [6.07, 6.45) is 99.2. The smallest absolute Gasteiger partial charge is 0.305 e. The molecular weight excluding hydrogens is 1080 g/mol. The molecule has 0 heterocycles. The molecule has 0 aromatic carbocycles. The number of rotatable bonds is 78. The van der Waals surface area contributed by atoms with Crippen LogP contribution in [0.25, 0.3) is 0 Å². The van der Waals surface area contributed by atoms with Gasteiger partial charge in [-0.25, -0.2) is 0 Å². The first-order valence-corrected chi connectivity index (χ1v) is 41.0. The Morgan fingerprint density at radius 2 is 0.523 bits per heavy atom. The van der Waals surface area contributed by atoms with Crippen LogP contribution in [0.2, 0.25) is 0 Å². The van der Waals surface area contributed by atoms with Gasteiger partial charge in [0.15, 0.2) is 0 Å². The molecule has 0 bridgehead atoms. The number of carbonyl (C=O) groups is 2. The molecule has 0 aliphatic carbocycles. The number of aliphatic hydroxyl groups is 2. The third-order valence-electron chi connectivity index (χ3n) is 19.6. The average molecular weight is 1240 g/mol.